The zero-order valence-electron chi connectivity index (χ0n) is 14.9. The smallest absolute Gasteiger partial charge is 0.228 e. The lowest BCUT2D eigenvalue weighted by molar-refractivity contribution is -0.125. The van der Waals surface area contributed by atoms with E-state index in [9.17, 15) is 9.59 Å². The monoisotopic (exact) mass is 353 g/mol. The number of rotatable bonds is 7. The van der Waals surface area contributed by atoms with Gasteiger partial charge in [-0.15, -0.1) is 0 Å². The fourth-order valence-electron chi connectivity index (χ4n) is 2.75. The number of para-hydroxylation sites is 2. The van der Waals surface area contributed by atoms with E-state index in [1.807, 2.05) is 44.2 Å². The third-order valence-corrected chi connectivity index (χ3v) is 4.16. The number of aromatic nitrogens is 1. The van der Waals surface area contributed by atoms with Gasteiger partial charge in [0, 0.05) is 18.9 Å². The first-order valence-electron chi connectivity index (χ1n) is 8.77. The maximum atomic E-state index is 12.4. The molecule has 0 spiro atoms. The number of amides is 2. The average Bonchev–Trinajstić information content (AvgIpc) is 3.43. The van der Waals surface area contributed by atoms with Crippen molar-refractivity contribution in [3.05, 3.63) is 54.4 Å². The van der Waals surface area contributed by atoms with Crippen molar-refractivity contribution in [3.8, 4) is 5.75 Å². The van der Waals surface area contributed by atoms with E-state index in [1.54, 1.807) is 18.5 Å². The number of ether oxygens (including phenoxy) is 1. The molecule has 1 aliphatic rings. The molecule has 2 N–H and O–H groups in total. The second-order valence-electron chi connectivity index (χ2n) is 6.68. The summed E-state index contributed by atoms with van der Waals surface area (Å²) in [5.41, 5.74) is 1.56. The molecule has 2 amide bonds. The van der Waals surface area contributed by atoms with Crippen LogP contribution in [-0.4, -0.2) is 22.9 Å². The van der Waals surface area contributed by atoms with E-state index in [0.29, 0.717) is 24.4 Å². The van der Waals surface area contributed by atoms with Crippen molar-refractivity contribution in [2.24, 2.45) is 11.8 Å². The lowest BCUT2D eigenvalue weighted by Crippen LogP contribution is -2.27. The molecule has 1 heterocycles. The lowest BCUT2D eigenvalue weighted by atomic mass is 10.2. The maximum Gasteiger partial charge on any atom is 0.228 e. The molecule has 2 aromatic rings. The van der Waals surface area contributed by atoms with E-state index in [1.165, 1.54) is 0 Å². The quantitative estimate of drug-likeness (QED) is 0.802. The van der Waals surface area contributed by atoms with Crippen LogP contribution in [0.15, 0.2) is 48.8 Å². The molecule has 0 aliphatic heterocycles. The summed E-state index contributed by atoms with van der Waals surface area (Å²) >= 11 is 0. The Morgan fingerprint density at radius 1 is 1.15 bits per heavy atom. The Hall–Kier alpha value is -2.89. The van der Waals surface area contributed by atoms with E-state index in [2.05, 4.69) is 15.6 Å². The van der Waals surface area contributed by atoms with Gasteiger partial charge in [0.25, 0.3) is 0 Å². The van der Waals surface area contributed by atoms with Gasteiger partial charge in [-0.1, -0.05) is 18.2 Å². The predicted octanol–water partition coefficient (Wildman–Crippen LogP) is 2.76. The minimum Gasteiger partial charge on any atom is -0.489 e. The minimum atomic E-state index is -0.295. The number of benzene rings is 1. The second kappa shape index (κ2) is 7.99. The molecule has 1 saturated carbocycles. The molecule has 2 atom stereocenters. The molecule has 0 bridgehead atoms. The summed E-state index contributed by atoms with van der Waals surface area (Å²) in [4.78, 5) is 28.7. The van der Waals surface area contributed by atoms with Gasteiger partial charge in [0.2, 0.25) is 11.8 Å². The van der Waals surface area contributed by atoms with Crippen molar-refractivity contribution in [3.63, 3.8) is 0 Å². The van der Waals surface area contributed by atoms with Crippen LogP contribution in [-0.2, 0) is 16.1 Å². The molecule has 1 aromatic heterocycles. The summed E-state index contributed by atoms with van der Waals surface area (Å²) < 4.78 is 5.71. The SMILES string of the molecule is CC(C)Oc1ccccc1NC(=O)C1CC1C(=O)NCc1cccnc1. The molecule has 3 rings (SSSR count). The first-order chi connectivity index (χ1) is 12.5. The number of carbonyl (C=O) groups excluding carboxylic acids is 2. The van der Waals surface area contributed by atoms with Crippen LogP contribution in [0.4, 0.5) is 5.69 Å². The Kier molecular flexibility index (Phi) is 5.51. The molecule has 0 radical (unpaired) electrons. The highest BCUT2D eigenvalue weighted by atomic mass is 16.5. The highest BCUT2D eigenvalue weighted by Gasteiger charge is 2.48. The maximum absolute atomic E-state index is 12.4. The van der Waals surface area contributed by atoms with Gasteiger partial charge in [0.15, 0.2) is 0 Å². The van der Waals surface area contributed by atoms with E-state index in [4.69, 9.17) is 4.74 Å². The summed E-state index contributed by atoms with van der Waals surface area (Å²) in [6, 6.07) is 11.0. The first-order valence-corrected chi connectivity index (χ1v) is 8.77. The van der Waals surface area contributed by atoms with E-state index in [0.717, 1.165) is 5.56 Å². The van der Waals surface area contributed by atoms with E-state index < -0.39 is 0 Å². The number of anilines is 1. The van der Waals surface area contributed by atoms with Crippen molar-refractivity contribution >= 4 is 17.5 Å². The molecule has 1 aliphatic carbocycles. The summed E-state index contributed by atoms with van der Waals surface area (Å²) in [6.45, 7) is 4.28. The van der Waals surface area contributed by atoms with Crippen LogP contribution in [0.5, 0.6) is 5.75 Å². The molecule has 2 unspecified atom stereocenters. The second-order valence-corrected chi connectivity index (χ2v) is 6.68. The van der Waals surface area contributed by atoms with Gasteiger partial charge < -0.3 is 15.4 Å². The molecular weight excluding hydrogens is 330 g/mol. The molecule has 1 fully saturated rings. The average molecular weight is 353 g/mol. The third kappa shape index (κ3) is 4.59. The number of carbonyl (C=O) groups is 2. The number of pyridine rings is 1. The Labute approximate surface area is 153 Å². The Balaban J connectivity index is 1.52. The molecular formula is C20H23N3O3. The predicted molar refractivity (Wildman–Crippen MR) is 98.5 cm³/mol. The van der Waals surface area contributed by atoms with Gasteiger partial charge in [0.1, 0.15) is 5.75 Å². The van der Waals surface area contributed by atoms with Crippen molar-refractivity contribution in [1.29, 1.82) is 0 Å². The summed E-state index contributed by atoms with van der Waals surface area (Å²) in [5, 5.41) is 5.75. The van der Waals surface area contributed by atoms with E-state index >= 15 is 0 Å². The minimum absolute atomic E-state index is 0.0139. The topological polar surface area (TPSA) is 80.3 Å². The largest absolute Gasteiger partial charge is 0.489 e. The van der Waals surface area contributed by atoms with Crippen LogP contribution in [0.25, 0.3) is 0 Å². The lowest BCUT2D eigenvalue weighted by Gasteiger charge is -2.14. The van der Waals surface area contributed by atoms with Crippen LogP contribution in [0.2, 0.25) is 0 Å². The van der Waals surface area contributed by atoms with E-state index in [-0.39, 0.29) is 29.8 Å². The van der Waals surface area contributed by atoms with Crippen molar-refractivity contribution < 1.29 is 14.3 Å². The van der Waals surface area contributed by atoms with Gasteiger partial charge in [-0.3, -0.25) is 14.6 Å². The zero-order chi connectivity index (χ0) is 18.5. The van der Waals surface area contributed by atoms with Crippen LogP contribution < -0.4 is 15.4 Å². The summed E-state index contributed by atoms with van der Waals surface area (Å²) in [6.07, 6.45) is 3.98. The fraction of sp³-hybridized carbons (Fsp3) is 0.350. The van der Waals surface area contributed by atoms with Gasteiger partial charge in [-0.05, 0) is 44.0 Å². The molecule has 6 nitrogen and oxygen atoms in total. The number of hydrogen-bond acceptors (Lipinski definition) is 4. The number of nitrogens with zero attached hydrogens (tertiary/aromatic N) is 1. The standard InChI is InChI=1S/C20H23N3O3/c1-13(2)26-18-8-4-3-7-17(18)23-20(25)16-10-15(16)19(24)22-12-14-6-5-9-21-11-14/h3-9,11,13,15-16H,10,12H2,1-2H3,(H,22,24)(H,23,25). The third-order valence-electron chi connectivity index (χ3n) is 4.16. The van der Waals surface area contributed by atoms with Gasteiger partial charge in [0.05, 0.1) is 23.6 Å². The van der Waals surface area contributed by atoms with Gasteiger partial charge in [-0.25, -0.2) is 0 Å². The van der Waals surface area contributed by atoms with Crippen molar-refractivity contribution in [2.45, 2.75) is 32.9 Å². The zero-order valence-corrected chi connectivity index (χ0v) is 14.9. The first kappa shape index (κ1) is 17.9. The highest BCUT2D eigenvalue weighted by Crippen LogP contribution is 2.40. The Bertz CT molecular complexity index is 777. The van der Waals surface area contributed by atoms with Crippen molar-refractivity contribution in [2.75, 3.05) is 5.32 Å². The fourth-order valence-corrected chi connectivity index (χ4v) is 2.75. The Morgan fingerprint density at radius 3 is 2.65 bits per heavy atom. The van der Waals surface area contributed by atoms with Gasteiger partial charge >= 0.3 is 0 Å². The van der Waals surface area contributed by atoms with Crippen LogP contribution in [0.3, 0.4) is 0 Å². The molecule has 26 heavy (non-hydrogen) atoms. The van der Waals surface area contributed by atoms with Crippen LogP contribution in [0, 0.1) is 11.8 Å². The van der Waals surface area contributed by atoms with Crippen LogP contribution in [0.1, 0.15) is 25.8 Å². The van der Waals surface area contributed by atoms with Crippen molar-refractivity contribution in [1.82, 2.24) is 10.3 Å². The van der Waals surface area contributed by atoms with Gasteiger partial charge in [-0.2, -0.15) is 0 Å². The summed E-state index contributed by atoms with van der Waals surface area (Å²) in [5.74, 6) is -0.179. The molecule has 1 aromatic carbocycles. The number of nitrogens with one attached hydrogen (secondary N) is 2. The molecule has 6 heteroatoms. The summed E-state index contributed by atoms with van der Waals surface area (Å²) in [7, 11) is 0. The van der Waals surface area contributed by atoms with Crippen LogP contribution >= 0.6 is 0 Å². The number of hydrogen-bond donors (Lipinski definition) is 2. The molecule has 0 saturated heterocycles. The normalized spacial score (nSPS) is 18.3. The molecule has 136 valence electrons. The highest BCUT2D eigenvalue weighted by molar-refractivity contribution is 6.00. The Morgan fingerprint density at radius 2 is 1.92 bits per heavy atom.